The van der Waals surface area contributed by atoms with Crippen molar-refractivity contribution in [2.24, 2.45) is 0 Å². The van der Waals surface area contributed by atoms with Crippen LogP contribution in [0.25, 0.3) is 0 Å². The molecule has 1 N–H and O–H groups in total. The van der Waals surface area contributed by atoms with Crippen LogP contribution >= 0.6 is 34.9 Å². The van der Waals surface area contributed by atoms with Crippen LogP contribution in [0.5, 0.6) is 0 Å². The van der Waals surface area contributed by atoms with Gasteiger partial charge in [0.1, 0.15) is 5.82 Å². The van der Waals surface area contributed by atoms with E-state index in [1.54, 1.807) is 24.8 Å². The number of nitrogens with zero attached hydrogens (tertiary/aromatic N) is 4. The fourth-order valence-electron chi connectivity index (χ4n) is 2.69. The Labute approximate surface area is 193 Å². The van der Waals surface area contributed by atoms with Crippen molar-refractivity contribution in [1.82, 2.24) is 19.7 Å². The van der Waals surface area contributed by atoms with Crippen molar-refractivity contribution in [1.29, 1.82) is 0 Å². The topological polar surface area (TPSA) is 89.8 Å². The zero-order valence-corrected chi connectivity index (χ0v) is 20.0. The van der Waals surface area contributed by atoms with E-state index >= 15 is 0 Å². The summed E-state index contributed by atoms with van der Waals surface area (Å²) in [4.78, 5) is 29.9. The summed E-state index contributed by atoms with van der Waals surface area (Å²) in [6, 6.07) is 8.35. The summed E-state index contributed by atoms with van der Waals surface area (Å²) in [6.07, 6.45) is 1.79. The van der Waals surface area contributed by atoms with Crippen molar-refractivity contribution in [3.8, 4) is 0 Å². The average molecular weight is 474 g/mol. The maximum Gasteiger partial charge on any atom is 0.236 e. The molecule has 0 saturated heterocycles. The van der Waals surface area contributed by atoms with Gasteiger partial charge in [0.25, 0.3) is 0 Å². The van der Waals surface area contributed by atoms with E-state index in [2.05, 4.69) is 58.3 Å². The number of Topliss-reactive ketones (excluding diaryl/α,β-unsaturated/α-hetero) is 1. The minimum absolute atomic E-state index is 0.0570. The number of hydrogen-bond donors (Lipinski definition) is 1. The highest BCUT2D eigenvalue weighted by molar-refractivity contribution is 7.99. The Kier molecular flexibility index (Phi) is 8.05. The summed E-state index contributed by atoms with van der Waals surface area (Å²) in [5.74, 6) is 1.39. The normalized spacial score (nSPS) is 10.8. The molecule has 0 fully saturated rings. The minimum atomic E-state index is -0.211. The quantitative estimate of drug-likeness (QED) is 0.258. The largest absolute Gasteiger partial charge is 0.301 e. The highest BCUT2D eigenvalue weighted by Gasteiger charge is 2.16. The number of amides is 1. The predicted octanol–water partition coefficient (Wildman–Crippen LogP) is 4.76. The van der Waals surface area contributed by atoms with Gasteiger partial charge in [-0.1, -0.05) is 46.9 Å². The maximum atomic E-state index is 12.4. The van der Waals surface area contributed by atoms with Crippen LogP contribution < -0.4 is 5.32 Å². The van der Waals surface area contributed by atoms with Gasteiger partial charge in [0.15, 0.2) is 16.1 Å². The van der Waals surface area contributed by atoms with Crippen molar-refractivity contribution >= 4 is 51.7 Å². The molecule has 0 aliphatic rings. The lowest BCUT2D eigenvalue weighted by molar-refractivity contribution is -0.113. The number of hydrogen-bond acceptors (Lipinski definition) is 8. The van der Waals surface area contributed by atoms with Crippen molar-refractivity contribution in [2.45, 2.75) is 43.1 Å². The SMILES string of the molecule is C=CCn1c(CSc2ccc(C)cc2)nnc1SCC(=O)Nc1nc(C)c(C(C)=O)s1. The maximum absolute atomic E-state index is 12.4. The summed E-state index contributed by atoms with van der Waals surface area (Å²) < 4.78 is 1.97. The molecule has 10 heteroatoms. The Morgan fingerprint density at radius 3 is 2.58 bits per heavy atom. The zero-order chi connectivity index (χ0) is 22.4. The molecule has 0 unspecified atom stereocenters. The second kappa shape index (κ2) is 10.7. The van der Waals surface area contributed by atoms with Crippen molar-refractivity contribution in [3.63, 3.8) is 0 Å². The number of rotatable bonds is 10. The van der Waals surface area contributed by atoms with E-state index in [1.807, 2.05) is 4.57 Å². The van der Waals surface area contributed by atoms with Crippen LogP contribution in [-0.4, -0.2) is 37.2 Å². The van der Waals surface area contributed by atoms with Crippen LogP contribution in [0.4, 0.5) is 5.13 Å². The molecular formula is C21H23N5O2S3. The van der Waals surface area contributed by atoms with Gasteiger partial charge in [-0.05, 0) is 26.0 Å². The number of thiazole rings is 1. The fourth-order valence-corrected chi connectivity index (χ4v) is 5.17. The van der Waals surface area contributed by atoms with Crippen LogP contribution in [0.15, 0.2) is 47.0 Å². The van der Waals surface area contributed by atoms with Gasteiger partial charge in [-0.25, -0.2) is 4.98 Å². The number of allylic oxidation sites excluding steroid dienone is 1. The van der Waals surface area contributed by atoms with Crippen molar-refractivity contribution < 1.29 is 9.59 Å². The second-order valence-corrected chi connectivity index (χ2v) is 9.72. The predicted molar refractivity (Wildman–Crippen MR) is 127 cm³/mol. The Morgan fingerprint density at radius 1 is 1.19 bits per heavy atom. The van der Waals surface area contributed by atoms with Gasteiger partial charge in [-0.2, -0.15) is 0 Å². The highest BCUT2D eigenvalue weighted by Crippen LogP contribution is 2.26. The summed E-state index contributed by atoms with van der Waals surface area (Å²) in [5.41, 5.74) is 1.85. The molecule has 2 heterocycles. The number of anilines is 1. The number of benzene rings is 1. The van der Waals surface area contributed by atoms with Crippen molar-refractivity contribution in [2.75, 3.05) is 11.1 Å². The highest BCUT2D eigenvalue weighted by atomic mass is 32.2. The molecule has 0 aliphatic heterocycles. The van der Waals surface area contributed by atoms with Crippen LogP contribution in [0.3, 0.4) is 0 Å². The second-order valence-electron chi connectivity index (χ2n) is 6.73. The van der Waals surface area contributed by atoms with Gasteiger partial charge in [-0.15, -0.1) is 28.5 Å². The summed E-state index contributed by atoms with van der Waals surface area (Å²) in [6.45, 7) is 9.69. The lowest BCUT2D eigenvalue weighted by atomic mass is 10.2. The molecule has 0 aliphatic carbocycles. The number of thioether (sulfide) groups is 2. The van der Waals surface area contributed by atoms with E-state index in [0.29, 0.717) is 33.2 Å². The van der Waals surface area contributed by atoms with E-state index in [4.69, 9.17) is 0 Å². The molecule has 0 radical (unpaired) electrons. The smallest absolute Gasteiger partial charge is 0.236 e. The molecule has 3 aromatic rings. The van der Waals surface area contributed by atoms with Crippen LogP contribution in [-0.2, 0) is 17.1 Å². The van der Waals surface area contributed by atoms with E-state index in [1.165, 1.54) is 35.6 Å². The number of carbonyl (C=O) groups excluding carboxylic acids is 2. The Bertz CT molecular complexity index is 1090. The van der Waals surface area contributed by atoms with E-state index in [9.17, 15) is 9.59 Å². The Morgan fingerprint density at radius 2 is 1.94 bits per heavy atom. The molecule has 0 bridgehead atoms. The molecule has 1 amide bonds. The number of nitrogens with one attached hydrogen (secondary N) is 1. The third-order valence-electron chi connectivity index (χ3n) is 4.19. The Hall–Kier alpha value is -2.43. The van der Waals surface area contributed by atoms with Crippen LogP contribution in [0.1, 0.15) is 33.7 Å². The van der Waals surface area contributed by atoms with Gasteiger partial charge in [0, 0.05) is 18.4 Å². The minimum Gasteiger partial charge on any atom is -0.301 e. The number of aromatic nitrogens is 4. The van der Waals surface area contributed by atoms with Crippen LogP contribution in [0.2, 0.25) is 0 Å². The first-order chi connectivity index (χ1) is 14.9. The lowest BCUT2D eigenvalue weighted by Gasteiger charge is -2.08. The van der Waals surface area contributed by atoms with Gasteiger partial charge in [-0.3, -0.25) is 9.59 Å². The number of ketones is 1. The molecule has 31 heavy (non-hydrogen) atoms. The third-order valence-corrected chi connectivity index (χ3v) is 7.34. The lowest BCUT2D eigenvalue weighted by Crippen LogP contribution is -2.14. The average Bonchev–Trinajstić information content (AvgIpc) is 3.29. The van der Waals surface area contributed by atoms with Crippen LogP contribution in [0, 0.1) is 13.8 Å². The monoisotopic (exact) mass is 473 g/mol. The first kappa shape index (κ1) is 23.2. The number of aryl methyl sites for hydroxylation is 2. The van der Waals surface area contributed by atoms with Gasteiger partial charge in [0.2, 0.25) is 5.91 Å². The third kappa shape index (κ3) is 6.28. The first-order valence-electron chi connectivity index (χ1n) is 9.50. The first-order valence-corrected chi connectivity index (χ1v) is 12.3. The molecule has 2 aromatic heterocycles. The fraction of sp³-hybridized carbons (Fsp3) is 0.286. The molecule has 1 aromatic carbocycles. The van der Waals surface area contributed by atoms with E-state index in [-0.39, 0.29) is 17.4 Å². The van der Waals surface area contributed by atoms with E-state index in [0.717, 1.165) is 10.7 Å². The molecule has 0 atom stereocenters. The molecule has 162 valence electrons. The number of carbonyl (C=O) groups is 2. The molecule has 7 nitrogen and oxygen atoms in total. The molecule has 0 saturated carbocycles. The van der Waals surface area contributed by atoms with E-state index < -0.39 is 0 Å². The molecule has 0 spiro atoms. The van der Waals surface area contributed by atoms with Gasteiger partial charge in [0.05, 0.1) is 22.1 Å². The van der Waals surface area contributed by atoms with Gasteiger partial charge >= 0.3 is 0 Å². The summed E-state index contributed by atoms with van der Waals surface area (Å²) in [5, 5.41) is 12.4. The van der Waals surface area contributed by atoms with Gasteiger partial charge < -0.3 is 9.88 Å². The summed E-state index contributed by atoms with van der Waals surface area (Å²) >= 11 is 4.18. The molecule has 3 rings (SSSR count). The zero-order valence-electron chi connectivity index (χ0n) is 17.5. The summed E-state index contributed by atoms with van der Waals surface area (Å²) in [7, 11) is 0. The Balaban J connectivity index is 1.61. The standard InChI is InChI=1S/C21H23N5O2S3/c1-5-10-26-17(11-29-16-8-6-13(2)7-9-16)24-25-21(26)30-12-18(28)23-20-22-14(3)19(31-20)15(4)27/h5-9H,1,10-12H2,2-4H3,(H,22,23,28). The molecular weight excluding hydrogens is 450 g/mol. The van der Waals surface area contributed by atoms with Crippen molar-refractivity contribution in [3.05, 3.63) is 58.9 Å².